The number of hydrogen-bond acceptors (Lipinski definition) is 3. The van der Waals surface area contributed by atoms with Crippen molar-refractivity contribution in [2.45, 2.75) is 37.0 Å². The summed E-state index contributed by atoms with van der Waals surface area (Å²) in [5.41, 5.74) is 4.72. The lowest BCUT2D eigenvalue weighted by Gasteiger charge is -2.36. The van der Waals surface area contributed by atoms with Gasteiger partial charge in [-0.05, 0) is 12.8 Å². The fourth-order valence-corrected chi connectivity index (χ4v) is 3.11. The maximum Gasteiger partial charge on any atom is 0.350 e. The van der Waals surface area contributed by atoms with Crippen LogP contribution >= 0.6 is 0 Å². The number of rotatable bonds is 4. The third-order valence-corrected chi connectivity index (χ3v) is 4.79. The van der Waals surface area contributed by atoms with Gasteiger partial charge in [0.1, 0.15) is 0 Å². The summed E-state index contributed by atoms with van der Waals surface area (Å²) in [4.78, 5) is 0. The van der Waals surface area contributed by atoms with E-state index in [9.17, 15) is 17.2 Å². The van der Waals surface area contributed by atoms with E-state index in [2.05, 4.69) is 0 Å². The molecule has 0 aliphatic heterocycles. The van der Waals surface area contributed by atoms with Crippen LogP contribution in [0.5, 0.6) is 0 Å². The number of nitrogens with zero attached hydrogens (tertiary/aromatic N) is 1. The smallest absolute Gasteiger partial charge is 0.329 e. The lowest BCUT2D eigenvalue weighted by atomic mass is 9.98. The number of halogens is 2. The van der Waals surface area contributed by atoms with Crippen molar-refractivity contribution in [2.24, 2.45) is 5.73 Å². The van der Waals surface area contributed by atoms with E-state index in [1.807, 2.05) is 0 Å². The van der Waals surface area contributed by atoms with Gasteiger partial charge in [-0.2, -0.15) is 13.1 Å². The van der Waals surface area contributed by atoms with Gasteiger partial charge in [0, 0.05) is 19.1 Å². The molecule has 1 fully saturated rings. The van der Waals surface area contributed by atoms with Gasteiger partial charge in [0.15, 0.2) is 0 Å². The summed E-state index contributed by atoms with van der Waals surface area (Å²) >= 11 is 0. The van der Waals surface area contributed by atoms with Gasteiger partial charge in [-0.15, -0.1) is 0 Å². The predicted octanol–water partition coefficient (Wildman–Crippen LogP) is 0.742. The largest absolute Gasteiger partial charge is 0.350 e. The Hall–Kier alpha value is -0.270. The van der Waals surface area contributed by atoms with E-state index >= 15 is 0 Å². The van der Waals surface area contributed by atoms with Gasteiger partial charge < -0.3 is 5.73 Å². The molecule has 0 spiro atoms. The van der Waals surface area contributed by atoms with E-state index in [-0.39, 0.29) is 6.54 Å². The minimum atomic E-state index is -4.51. The second kappa shape index (κ2) is 4.31. The van der Waals surface area contributed by atoms with Crippen LogP contribution in [-0.2, 0) is 10.0 Å². The van der Waals surface area contributed by atoms with E-state index in [0.717, 1.165) is 17.1 Å². The molecule has 15 heavy (non-hydrogen) atoms. The fraction of sp³-hybridized carbons (Fsp3) is 1.00. The highest BCUT2D eigenvalue weighted by Gasteiger charge is 2.45. The van der Waals surface area contributed by atoms with Gasteiger partial charge in [0.2, 0.25) is 0 Å². The van der Waals surface area contributed by atoms with E-state index in [1.165, 1.54) is 7.05 Å². The van der Waals surface area contributed by atoms with E-state index < -0.39 is 21.3 Å². The summed E-state index contributed by atoms with van der Waals surface area (Å²) in [7, 11) is -3.32. The van der Waals surface area contributed by atoms with Crippen LogP contribution in [0.4, 0.5) is 8.78 Å². The molecule has 0 aromatic rings. The van der Waals surface area contributed by atoms with Crippen molar-refractivity contribution < 1.29 is 17.2 Å². The van der Waals surface area contributed by atoms with Crippen LogP contribution in [0, 0.1) is 0 Å². The third-order valence-electron chi connectivity index (χ3n) is 3.19. The Balaban J connectivity index is 2.96. The van der Waals surface area contributed by atoms with Crippen molar-refractivity contribution in [1.82, 2.24) is 4.31 Å². The predicted molar refractivity (Wildman–Crippen MR) is 52.9 cm³/mol. The van der Waals surface area contributed by atoms with Crippen molar-refractivity contribution in [3.8, 4) is 0 Å². The average molecular weight is 242 g/mol. The highest BCUT2D eigenvalue weighted by molar-refractivity contribution is 7.89. The summed E-state index contributed by atoms with van der Waals surface area (Å²) < 4.78 is 48.1. The van der Waals surface area contributed by atoms with E-state index in [1.54, 1.807) is 0 Å². The maximum absolute atomic E-state index is 12.4. The third kappa shape index (κ3) is 2.14. The number of nitrogens with two attached hydrogens (primary N) is 1. The Labute approximate surface area is 88.5 Å². The molecule has 1 rings (SSSR count). The summed E-state index contributed by atoms with van der Waals surface area (Å²) in [5.74, 6) is -3.37. The Kier molecular flexibility index (Phi) is 3.67. The zero-order valence-corrected chi connectivity index (χ0v) is 9.43. The molecule has 1 aliphatic carbocycles. The van der Waals surface area contributed by atoms with Crippen LogP contribution < -0.4 is 5.73 Å². The molecule has 0 heterocycles. The van der Waals surface area contributed by atoms with Crippen LogP contribution in [0.1, 0.15) is 25.7 Å². The molecule has 7 heteroatoms. The number of sulfonamides is 1. The molecule has 0 atom stereocenters. The first-order valence-electron chi connectivity index (χ1n) is 4.83. The van der Waals surface area contributed by atoms with E-state index in [4.69, 9.17) is 5.73 Å². The van der Waals surface area contributed by atoms with Crippen molar-refractivity contribution in [2.75, 3.05) is 13.6 Å². The number of alkyl halides is 2. The van der Waals surface area contributed by atoms with Crippen LogP contribution in [0.25, 0.3) is 0 Å². The first-order valence-corrected chi connectivity index (χ1v) is 6.33. The molecule has 1 aliphatic rings. The summed E-state index contributed by atoms with van der Waals surface area (Å²) in [5, 5.41) is 0. The molecule has 90 valence electrons. The minimum absolute atomic E-state index is 0.0927. The lowest BCUT2D eigenvalue weighted by molar-refractivity contribution is 0.183. The highest BCUT2D eigenvalue weighted by atomic mass is 32.2. The van der Waals surface area contributed by atoms with Gasteiger partial charge in [0.25, 0.3) is 10.0 Å². The summed E-state index contributed by atoms with van der Waals surface area (Å²) in [6.45, 7) is 0.0927. The van der Waals surface area contributed by atoms with Crippen LogP contribution in [0.3, 0.4) is 0 Å². The molecule has 0 radical (unpaired) electrons. The molecule has 0 bridgehead atoms. The number of likely N-dealkylation sites (N-methyl/N-ethyl adjacent to an activating group) is 1. The monoisotopic (exact) mass is 242 g/mol. The van der Waals surface area contributed by atoms with Gasteiger partial charge in [-0.1, -0.05) is 12.8 Å². The molecule has 0 saturated heterocycles. The van der Waals surface area contributed by atoms with Crippen LogP contribution in [0.15, 0.2) is 0 Å². The Bertz CT molecular complexity index is 313. The van der Waals surface area contributed by atoms with Crippen molar-refractivity contribution in [3.05, 3.63) is 0 Å². The first kappa shape index (κ1) is 12.8. The van der Waals surface area contributed by atoms with Crippen LogP contribution in [0.2, 0.25) is 0 Å². The van der Waals surface area contributed by atoms with Crippen molar-refractivity contribution >= 4 is 10.0 Å². The molecule has 1 saturated carbocycles. The molecular formula is C8H16F2N2O2S. The normalized spacial score (nSPS) is 21.5. The summed E-state index contributed by atoms with van der Waals surface area (Å²) in [6.07, 6.45) is 2.79. The van der Waals surface area contributed by atoms with Gasteiger partial charge >= 0.3 is 5.76 Å². The summed E-state index contributed by atoms with van der Waals surface area (Å²) in [6, 6.07) is 0. The average Bonchev–Trinajstić information content (AvgIpc) is 2.65. The first-order chi connectivity index (χ1) is 6.87. The molecule has 0 aromatic heterocycles. The number of hydrogen-bond donors (Lipinski definition) is 1. The molecular weight excluding hydrogens is 226 g/mol. The molecule has 2 N–H and O–H groups in total. The Morgan fingerprint density at radius 1 is 1.40 bits per heavy atom. The fourth-order valence-electron chi connectivity index (χ4n) is 2.07. The quantitative estimate of drug-likeness (QED) is 0.791. The topological polar surface area (TPSA) is 63.4 Å². The molecule has 0 amide bonds. The van der Waals surface area contributed by atoms with Crippen LogP contribution in [-0.4, -0.2) is 37.6 Å². The zero-order valence-electron chi connectivity index (χ0n) is 8.62. The van der Waals surface area contributed by atoms with Crippen molar-refractivity contribution in [3.63, 3.8) is 0 Å². The Morgan fingerprint density at radius 3 is 2.20 bits per heavy atom. The second-order valence-electron chi connectivity index (χ2n) is 3.91. The van der Waals surface area contributed by atoms with Crippen molar-refractivity contribution in [1.29, 1.82) is 0 Å². The molecule has 0 unspecified atom stereocenters. The standard InChI is InChI=1S/C8H16F2N2O2S/c1-12(15(13,14)7(9)10)8(6-11)4-2-3-5-8/h7H,2-6,11H2,1H3. The molecule has 4 nitrogen and oxygen atoms in total. The minimum Gasteiger partial charge on any atom is -0.329 e. The molecule has 0 aromatic carbocycles. The second-order valence-corrected chi connectivity index (χ2v) is 5.84. The maximum atomic E-state index is 12.4. The highest BCUT2D eigenvalue weighted by Crippen LogP contribution is 2.36. The van der Waals surface area contributed by atoms with Gasteiger partial charge in [-0.3, -0.25) is 0 Å². The SMILES string of the molecule is CN(C1(CN)CCCC1)S(=O)(=O)C(F)F. The Morgan fingerprint density at radius 2 is 1.87 bits per heavy atom. The van der Waals surface area contributed by atoms with Gasteiger partial charge in [0.05, 0.1) is 0 Å². The zero-order chi connectivity index (χ0) is 11.7. The van der Waals surface area contributed by atoms with Gasteiger partial charge in [-0.25, -0.2) is 8.42 Å². The van der Waals surface area contributed by atoms with E-state index in [0.29, 0.717) is 12.8 Å². The lowest BCUT2D eigenvalue weighted by Crippen LogP contribution is -2.53.